The predicted molar refractivity (Wildman–Crippen MR) is 92.3 cm³/mol. The van der Waals surface area contributed by atoms with E-state index < -0.39 is 11.9 Å². The molecule has 0 bridgehead atoms. The van der Waals surface area contributed by atoms with Gasteiger partial charge in [-0.1, -0.05) is 6.07 Å². The first kappa shape index (κ1) is 18.1. The van der Waals surface area contributed by atoms with Crippen LogP contribution in [0.5, 0.6) is 0 Å². The molecule has 0 saturated heterocycles. The molecule has 26 heavy (non-hydrogen) atoms. The van der Waals surface area contributed by atoms with Crippen LogP contribution in [0.2, 0.25) is 0 Å². The molecule has 136 valence electrons. The third-order valence-electron chi connectivity index (χ3n) is 4.80. The molecule has 1 unspecified atom stereocenters. The van der Waals surface area contributed by atoms with Gasteiger partial charge in [-0.2, -0.15) is 5.26 Å². The highest BCUT2D eigenvalue weighted by atomic mass is 19.1. The minimum absolute atomic E-state index is 0.137. The summed E-state index contributed by atoms with van der Waals surface area (Å²) in [5.41, 5.74) is 0.665. The van der Waals surface area contributed by atoms with Crippen LogP contribution in [0.25, 0.3) is 0 Å². The highest BCUT2D eigenvalue weighted by Crippen LogP contribution is 2.27. The van der Waals surface area contributed by atoms with E-state index in [1.54, 1.807) is 12.5 Å². The molecular weight excluding hydrogens is 335 g/mol. The van der Waals surface area contributed by atoms with E-state index in [0.29, 0.717) is 18.4 Å². The van der Waals surface area contributed by atoms with E-state index in [9.17, 15) is 14.3 Å². The van der Waals surface area contributed by atoms with Crippen molar-refractivity contribution in [3.63, 3.8) is 0 Å². The Labute approximate surface area is 151 Å². The zero-order valence-corrected chi connectivity index (χ0v) is 14.3. The van der Waals surface area contributed by atoms with Crippen LogP contribution in [-0.2, 0) is 17.8 Å². The number of hydrogen-bond acceptors (Lipinski definition) is 4. The summed E-state index contributed by atoms with van der Waals surface area (Å²) in [6.07, 6.45) is 6.49. The minimum atomic E-state index is -0.570. The Kier molecular flexibility index (Phi) is 5.64. The Bertz CT molecular complexity index is 800. The van der Waals surface area contributed by atoms with Crippen LogP contribution in [0, 0.1) is 23.1 Å². The summed E-state index contributed by atoms with van der Waals surface area (Å²) in [7, 11) is 0. The van der Waals surface area contributed by atoms with Crippen LogP contribution in [0.4, 0.5) is 4.39 Å². The van der Waals surface area contributed by atoms with Gasteiger partial charge in [-0.3, -0.25) is 4.79 Å². The molecule has 7 heteroatoms. The Balaban J connectivity index is 1.48. The lowest BCUT2D eigenvalue weighted by molar-refractivity contribution is -0.122. The van der Waals surface area contributed by atoms with Gasteiger partial charge < -0.3 is 15.0 Å². The first-order valence-corrected chi connectivity index (χ1v) is 8.67. The van der Waals surface area contributed by atoms with Gasteiger partial charge in [0.1, 0.15) is 5.82 Å². The summed E-state index contributed by atoms with van der Waals surface area (Å²) < 4.78 is 15.8. The van der Waals surface area contributed by atoms with Crippen LogP contribution >= 0.6 is 0 Å². The monoisotopic (exact) mass is 356 g/mol. The molecule has 6 nitrogen and oxygen atoms in total. The number of halogens is 1. The van der Waals surface area contributed by atoms with Crippen molar-refractivity contribution in [3.8, 4) is 6.07 Å². The third-order valence-corrected chi connectivity index (χ3v) is 4.80. The number of nitrogens with one attached hydrogen (secondary N) is 1. The van der Waals surface area contributed by atoms with Crippen LogP contribution in [0.1, 0.15) is 30.4 Å². The first-order valence-electron chi connectivity index (χ1n) is 8.67. The fourth-order valence-electron chi connectivity index (χ4n) is 3.46. The molecule has 0 radical (unpaired) electrons. The molecular formula is C19H21FN4O2. The molecule has 0 spiro atoms. The maximum atomic E-state index is 13.9. The zero-order valence-electron chi connectivity index (χ0n) is 14.3. The molecule has 1 aromatic heterocycles. The zero-order chi connectivity index (χ0) is 18.5. The van der Waals surface area contributed by atoms with E-state index in [-0.39, 0.29) is 36.3 Å². The number of amides is 1. The Morgan fingerprint density at radius 1 is 1.46 bits per heavy atom. The van der Waals surface area contributed by atoms with Crippen molar-refractivity contribution >= 4 is 5.91 Å². The molecule has 1 aromatic carbocycles. The summed E-state index contributed by atoms with van der Waals surface area (Å²) in [6, 6.07) is 5.85. The van der Waals surface area contributed by atoms with E-state index in [2.05, 4.69) is 10.3 Å². The molecule has 1 aliphatic rings. The second-order valence-corrected chi connectivity index (χ2v) is 6.76. The molecule has 1 fully saturated rings. The van der Waals surface area contributed by atoms with Crippen molar-refractivity contribution < 1.29 is 14.3 Å². The molecule has 0 aliphatic heterocycles. The van der Waals surface area contributed by atoms with Crippen molar-refractivity contribution in [2.45, 2.75) is 44.4 Å². The number of carbonyl (C=O) groups is 1. The number of imidazole rings is 1. The van der Waals surface area contributed by atoms with Gasteiger partial charge >= 0.3 is 0 Å². The second-order valence-electron chi connectivity index (χ2n) is 6.76. The number of hydrogen-bond donors (Lipinski definition) is 2. The number of benzene rings is 1. The first-order chi connectivity index (χ1) is 12.5. The largest absolute Gasteiger partial charge is 0.391 e. The lowest BCUT2D eigenvalue weighted by Gasteiger charge is -2.16. The standard InChI is InChI=1S/C19H21FN4O2/c20-16-7-13(10-21)1-2-15(16)3-4-19(26)23-17-8-14(9-18(17)25)11-24-6-5-22-12-24/h1-2,5-7,12,14,17-18,25H,3-4,8-9,11H2,(H,23,26)/t14?,17-,18-/m1/s1. The molecule has 2 N–H and O–H groups in total. The van der Waals surface area contributed by atoms with E-state index >= 15 is 0 Å². The number of aryl methyl sites for hydroxylation is 1. The van der Waals surface area contributed by atoms with Crippen LogP contribution in [0.3, 0.4) is 0 Å². The van der Waals surface area contributed by atoms with Gasteiger partial charge in [0.2, 0.25) is 5.91 Å². The minimum Gasteiger partial charge on any atom is -0.391 e. The molecule has 1 heterocycles. The fraction of sp³-hybridized carbons (Fsp3) is 0.421. The average Bonchev–Trinajstić information content (AvgIpc) is 3.24. The second kappa shape index (κ2) is 8.11. The maximum absolute atomic E-state index is 13.9. The predicted octanol–water partition coefficient (Wildman–Crippen LogP) is 1.78. The van der Waals surface area contributed by atoms with Gasteiger partial charge in [-0.25, -0.2) is 9.37 Å². The molecule has 3 rings (SSSR count). The number of aliphatic hydroxyl groups is 1. The van der Waals surface area contributed by atoms with Crippen LogP contribution in [-0.4, -0.2) is 32.7 Å². The lowest BCUT2D eigenvalue weighted by Crippen LogP contribution is -2.40. The van der Waals surface area contributed by atoms with Crippen molar-refractivity contribution in [1.82, 2.24) is 14.9 Å². The normalized spacial score (nSPS) is 22.1. The SMILES string of the molecule is N#Cc1ccc(CCC(=O)N[C@@H]2CC(Cn3ccnc3)C[C@H]2O)c(F)c1. The summed E-state index contributed by atoms with van der Waals surface area (Å²) in [6.45, 7) is 0.764. The quantitative estimate of drug-likeness (QED) is 0.825. The van der Waals surface area contributed by atoms with Crippen LogP contribution < -0.4 is 5.32 Å². The van der Waals surface area contributed by atoms with E-state index in [0.717, 1.165) is 6.54 Å². The molecule has 2 aromatic rings. The fourth-order valence-corrected chi connectivity index (χ4v) is 3.46. The summed E-state index contributed by atoms with van der Waals surface area (Å²) in [5.74, 6) is -0.403. The molecule has 3 atom stereocenters. The highest BCUT2D eigenvalue weighted by molar-refractivity contribution is 5.76. The molecule has 1 saturated carbocycles. The van der Waals surface area contributed by atoms with Crippen molar-refractivity contribution in [1.29, 1.82) is 5.26 Å². The van der Waals surface area contributed by atoms with E-state index in [1.165, 1.54) is 18.2 Å². The van der Waals surface area contributed by atoms with Crippen molar-refractivity contribution in [2.24, 2.45) is 5.92 Å². The molecule has 1 aliphatic carbocycles. The number of aromatic nitrogens is 2. The van der Waals surface area contributed by atoms with Gasteiger partial charge in [0.15, 0.2) is 0 Å². The number of aliphatic hydroxyl groups excluding tert-OH is 1. The number of carbonyl (C=O) groups excluding carboxylic acids is 1. The highest BCUT2D eigenvalue weighted by Gasteiger charge is 2.33. The van der Waals surface area contributed by atoms with Gasteiger partial charge in [-0.05, 0) is 42.9 Å². The maximum Gasteiger partial charge on any atom is 0.220 e. The topological polar surface area (TPSA) is 90.9 Å². The Hall–Kier alpha value is -2.72. The Morgan fingerprint density at radius 3 is 3.00 bits per heavy atom. The Morgan fingerprint density at radius 2 is 2.31 bits per heavy atom. The lowest BCUT2D eigenvalue weighted by atomic mass is 10.1. The number of nitrogens with zero attached hydrogens (tertiary/aromatic N) is 3. The number of rotatable bonds is 6. The summed E-state index contributed by atoms with van der Waals surface area (Å²) in [4.78, 5) is 16.2. The summed E-state index contributed by atoms with van der Waals surface area (Å²) in [5, 5.41) is 21.8. The van der Waals surface area contributed by atoms with Crippen molar-refractivity contribution in [3.05, 3.63) is 53.9 Å². The van der Waals surface area contributed by atoms with E-state index in [1.807, 2.05) is 16.8 Å². The third kappa shape index (κ3) is 4.46. The van der Waals surface area contributed by atoms with Gasteiger partial charge in [-0.15, -0.1) is 0 Å². The molecule has 1 amide bonds. The van der Waals surface area contributed by atoms with Gasteiger partial charge in [0, 0.05) is 25.4 Å². The smallest absolute Gasteiger partial charge is 0.220 e. The van der Waals surface area contributed by atoms with Gasteiger partial charge in [0.25, 0.3) is 0 Å². The van der Waals surface area contributed by atoms with E-state index in [4.69, 9.17) is 5.26 Å². The van der Waals surface area contributed by atoms with Crippen molar-refractivity contribution in [2.75, 3.05) is 0 Å². The number of nitriles is 1. The van der Waals surface area contributed by atoms with Crippen LogP contribution in [0.15, 0.2) is 36.9 Å². The average molecular weight is 356 g/mol. The van der Waals surface area contributed by atoms with Gasteiger partial charge in [0.05, 0.1) is 30.1 Å². The summed E-state index contributed by atoms with van der Waals surface area (Å²) >= 11 is 0.